The van der Waals surface area contributed by atoms with Crippen LogP contribution in [0, 0.1) is 0 Å². The smallest absolute Gasteiger partial charge is 0.255 e. The Kier molecular flexibility index (Phi) is 4.97. The first-order chi connectivity index (χ1) is 14.5. The lowest BCUT2D eigenvalue weighted by Crippen LogP contribution is -2.31. The Morgan fingerprint density at radius 3 is 2.70 bits per heavy atom. The van der Waals surface area contributed by atoms with Crippen LogP contribution in [0.1, 0.15) is 18.5 Å². The summed E-state index contributed by atoms with van der Waals surface area (Å²) in [5.41, 5.74) is 2.22. The van der Waals surface area contributed by atoms with Crippen LogP contribution in [-0.2, 0) is 4.79 Å². The molecule has 1 atom stereocenters. The molecular formula is C20H20N6O4. The fourth-order valence-electron chi connectivity index (χ4n) is 3.42. The van der Waals surface area contributed by atoms with Crippen LogP contribution >= 0.6 is 0 Å². The molecule has 4 rings (SSSR count). The minimum atomic E-state index is -0.638. The van der Waals surface area contributed by atoms with Crippen LogP contribution in [0.25, 0.3) is 0 Å². The van der Waals surface area contributed by atoms with Gasteiger partial charge in [0, 0.05) is 5.70 Å². The molecule has 1 aromatic heterocycles. The van der Waals surface area contributed by atoms with E-state index in [2.05, 4.69) is 26.2 Å². The van der Waals surface area contributed by atoms with E-state index in [1.54, 1.807) is 37.3 Å². The van der Waals surface area contributed by atoms with Gasteiger partial charge in [-0.15, -0.1) is 0 Å². The van der Waals surface area contributed by atoms with Crippen LogP contribution < -0.4 is 20.1 Å². The van der Waals surface area contributed by atoms with Gasteiger partial charge in [-0.05, 0) is 47.2 Å². The van der Waals surface area contributed by atoms with Gasteiger partial charge in [0.05, 0.1) is 25.5 Å². The van der Waals surface area contributed by atoms with E-state index in [-0.39, 0.29) is 17.4 Å². The van der Waals surface area contributed by atoms with Crippen molar-refractivity contribution in [3.05, 3.63) is 59.3 Å². The largest absolute Gasteiger partial charge is 0.504 e. The molecule has 2 heterocycles. The lowest BCUT2D eigenvalue weighted by molar-refractivity contribution is -0.113. The van der Waals surface area contributed by atoms with Gasteiger partial charge in [-0.2, -0.15) is 4.68 Å². The molecule has 0 radical (unpaired) electrons. The fraction of sp³-hybridized carbons (Fsp3) is 0.200. The van der Waals surface area contributed by atoms with Gasteiger partial charge in [0.25, 0.3) is 5.91 Å². The second kappa shape index (κ2) is 7.74. The molecule has 0 fully saturated rings. The highest BCUT2D eigenvalue weighted by atomic mass is 16.5. The number of fused-ring (bicyclic) bond motifs is 1. The summed E-state index contributed by atoms with van der Waals surface area (Å²) in [5, 5.41) is 27.7. The standard InChI is InChI=1S/C20H20N6O4/c1-11-17(19(28)22-13-6-4-5-7-15(13)29-2)18(26-20(21-11)23-24-25-26)12-8-9-14(27)16(10-12)30-3/h4-10,18,27H,1-3H3,(H,22,28)(H,21,23,25)/t18-/m0/s1. The number of tetrazole rings is 1. The number of methoxy groups -OCH3 is 2. The number of phenols is 1. The van der Waals surface area contributed by atoms with Gasteiger partial charge in [0.15, 0.2) is 11.5 Å². The summed E-state index contributed by atoms with van der Waals surface area (Å²) in [6.07, 6.45) is 0. The van der Waals surface area contributed by atoms with E-state index in [4.69, 9.17) is 9.47 Å². The molecule has 0 spiro atoms. The summed E-state index contributed by atoms with van der Waals surface area (Å²) >= 11 is 0. The highest BCUT2D eigenvalue weighted by molar-refractivity contribution is 6.06. The fourth-order valence-corrected chi connectivity index (χ4v) is 3.42. The maximum Gasteiger partial charge on any atom is 0.255 e. The van der Waals surface area contributed by atoms with Gasteiger partial charge in [-0.1, -0.05) is 23.3 Å². The van der Waals surface area contributed by atoms with Gasteiger partial charge in [0.1, 0.15) is 11.8 Å². The first kappa shape index (κ1) is 19.2. The van der Waals surface area contributed by atoms with Gasteiger partial charge in [-0.25, -0.2) is 0 Å². The van der Waals surface area contributed by atoms with Crippen molar-refractivity contribution in [3.63, 3.8) is 0 Å². The Bertz CT molecular complexity index is 1140. The number of aromatic hydroxyl groups is 1. The van der Waals surface area contributed by atoms with E-state index in [1.165, 1.54) is 25.0 Å². The van der Waals surface area contributed by atoms with Crippen molar-refractivity contribution in [2.24, 2.45) is 0 Å². The van der Waals surface area contributed by atoms with Crippen LogP contribution in [0.4, 0.5) is 11.6 Å². The van der Waals surface area contributed by atoms with Crippen molar-refractivity contribution in [1.29, 1.82) is 0 Å². The van der Waals surface area contributed by atoms with E-state index < -0.39 is 6.04 Å². The summed E-state index contributed by atoms with van der Waals surface area (Å²) in [5.74, 6) is 0.871. The molecule has 30 heavy (non-hydrogen) atoms. The average Bonchev–Trinajstić information content (AvgIpc) is 3.21. The second-order valence-corrected chi connectivity index (χ2v) is 6.60. The number of anilines is 2. The average molecular weight is 408 g/mol. The summed E-state index contributed by atoms with van der Waals surface area (Å²) in [6, 6.07) is 11.4. The number of nitrogens with zero attached hydrogens (tertiary/aromatic N) is 4. The first-order valence-corrected chi connectivity index (χ1v) is 9.10. The van der Waals surface area contributed by atoms with Gasteiger partial charge >= 0.3 is 0 Å². The van der Waals surface area contributed by atoms with Crippen LogP contribution in [0.15, 0.2) is 53.7 Å². The molecule has 10 heteroatoms. The number of amides is 1. The number of carbonyl (C=O) groups excluding carboxylic acids is 1. The lowest BCUT2D eigenvalue weighted by atomic mass is 9.94. The number of phenolic OH excluding ortho intramolecular Hbond substituents is 1. The zero-order valence-corrected chi connectivity index (χ0v) is 16.6. The summed E-state index contributed by atoms with van der Waals surface area (Å²) in [6.45, 7) is 1.78. The van der Waals surface area contributed by atoms with Crippen LogP contribution in [0.2, 0.25) is 0 Å². The number of allylic oxidation sites excluding steroid dienone is 1. The molecule has 0 aliphatic carbocycles. The van der Waals surface area contributed by atoms with Gasteiger partial charge in [0.2, 0.25) is 5.95 Å². The Hall–Kier alpha value is -4.08. The molecule has 0 saturated heterocycles. The van der Waals surface area contributed by atoms with Crippen LogP contribution in [0.3, 0.4) is 0 Å². The first-order valence-electron chi connectivity index (χ1n) is 9.10. The summed E-state index contributed by atoms with van der Waals surface area (Å²) in [4.78, 5) is 13.4. The Morgan fingerprint density at radius 1 is 1.17 bits per heavy atom. The number of carbonyl (C=O) groups is 1. The van der Waals surface area contributed by atoms with Crippen LogP contribution in [0.5, 0.6) is 17.2 Å². The third-order valence-electron chi connectivity index (χ3n) is 4.83. The molecule has 10 nitrogen and oxygen atoms in total. The Balaban J connectivity index is 1.79. The number of hydrogen-bond donors (Lipinski definition) is 3. The number of para-hydroxylation sites is 2. The van der Waals surface area contributed by atoms with Crippen molar-refractivity contribution in [1.82, 2.24) is 20.2 Å². The molecule has 0 unspecified atom stereocenters. The van der Waals surface area contributed by atoms with E-state index in [0.717, 1.165) is 0 Å². The third kappa shape index (κ3) is 3.28. The van der Waals surface area contributed by atoms with E-state index in [1.807, 2.05) is 6.07 Å². The molecule has 154 valence electrons. The molecular weight excluding hydrogens is 388 g/mol. The molecule has 2 aromatic carbocycles. The second-order valence-electron chi connectivity index (χ2n) is 6.60. The molecule has 3 N–H and O–H groups in total. The predicted molar refractivity (Wildman–Crippen MR) is 109 cm³/mol. The minimum absolute atomic E-state index is 0.00662. The van der Waals surface area contributed by atoms with E-state index >= 15 is 0 Å². The van der Waals surface area contributed by atoms with Crippen molar-refractivity contribution in [3.8, 4) is 17.2 Å². The van der Waals surface area contributed by atoms with E-state index in [9.17, 15) is 9.90 Å². The number of ether oxygens (including phenoxy) is 2. The highest BCUT2D eigenvalue weighted by Crippen LogP contribution is 2.38. The van der Waals surface area contributed by atoms with Crippen molar-refractivity contribution in [2.45, 2.75) is 13.0 Å². The van der Waals surface area contributed by atoms with Gasteiger partial charge in [-0.3, -0.25) is 4.79 Å². The third-order valence-corrected chi connectivity index (χ3v) is 4.83. The SMILES string of the molecule is COc1cc([C@H]2C(C(=O)Nc3ccccc3OC)=C(C)Nc3nnnn32)ccc1O. The quantitative estimate of drug-likeness (QED) is 0.588. The number of benzene rings is 2. The normalized spacial score (nSPS) is 15.2. The van der Waals surface area contributed by atoms with Crippen molar-refractivity contribution in [2.75, 3.05) is 24.9 Å². The molecule has 1 aliphatic heterocycles. The molecule has 1 aliphatic rings. The maximum atomic E-state index is 13.4. The van der Waals surface area contributed by atoms with Gasteiger partial charge < -0.3 is 25.2 Å². The van der Waals surface area contributed by atoms with Crippen LogP contribution in [-0.4, -0.2) is 45.4 Å². The number of nitrogens with one attached hydrogen (secondary N) is 2. The molecule has 1 amide bonds. The molecule has 3 aromatic rings. The summed E-state index contributed by atoms with van der Waals surface area (Å²) < 4.78 is 12.1. The zero-order valence-electron chi connectivity index (χ0n) is 16.6. The minimum Gasteiger partial charge on any atom is -0.504 e. The Labute approximate surface area is 172 Å². The van der Waals surface area contributed by atoms with Crippen molar-refractivity contribution >= 4 is 17.5 Å². The zero-order chi connectivity index (χ0) is 21.3. The lowest BCUT2D eigenvalue weighted by Gasteiger charge is -2.28. The predicted octanol–water partition coefficient (Wildman–Crippen LogP) is 2.32. The number of hydrogen-bond acceptors (Lipinski definition) is 8. The summed E-state index contributed by atoms with van der Waals surface area (Å²) in [7, 11) is 3.00. The maximum absolute atomic E-state index is 13.4. The molecule has 0 saturated carbocycles. The highest BCUT2D eigenvalue weighted by Gasteiger charge is 2.34. The number of rotatable bonds is 5. The Morgan fingerprint density at radius 2 is 1.93 bits per heavy atom. The topological polar surface area (TPSA) is 123 Å². The van der Waals surface area contributed by atoms with Crippen molar-refractivity contribution < 1.29 is 19.4 Å². The monoisotopic (exact) mass is 408 g/mol. The molecule has 0 bridgehead atoms. The number of aromatic nitrogens is 4. The van der Waals surface area contributed by atoms with E-state index in [0.29, 0.717) is 34.2 Å².